The van der Waals surface area contributed by atoms with Crippen LogP contribution in [0.2, 0.25) is 0 Å². The van der Waals surface area contributed by atoms with Gasteiger partial charge in [-0.25, -0.2) is 14.6 Å². The number of methoxy groups -OCH3 is 3. The molecule has 5 aromatic rings. The second kappa shape index (κ2) is 14.9. The molecule has 1 aromatic heterocycles. The third-order valence-electron chi connectivity index (χ3n) is 7.82. The number of carbonyl (C=O) groups excluding carboxylic acids is 3. The number of benzene rings is 4. The van der Waals surface area contributed by atoms with Gasteiger partial charge in [-0.1, -0.05) is 51.1 Å². The first kappa shape index (κ1) is 35.0. The molecule has 258 valence electrons. The minimum absolute atomic E-state index is 0.0383. The quantitative estimate of drug-likeness (QED) is 0.103. The molecule has 0 saturated heterocycles. The summed E-state index contributed by atoms with van der Waals surface area (Å²) in [7, 11) is 4.26. The molecule has 12 nitrogen and oxygen atoms in total. The van der Waals surface area contributed by atoms with Gasteiger partial charge in [-0.3, -0.25) is 4.79 Å². The highest BCUT2D eigenvalue weighted by Crippen LogP contribution is 2.38. The van der Waals surface area contributed by atoms with Crippen molar-refractivity contribution in [3.05, 3.63) is 102 Å². The summed E-state index contributed by atoms with van der Waals surface area (Å²) in [5, 5.41) is 10.5. The highest BCUT2D eigenvalue weighted by molar-refractivity contribution is 6.08. The Morgan fingerprint density at radius 1 is 0.800 bits per heavy atom. The van der Waals surface area contributed by atoms with E-state index in [4.69, 9.17) is 24.7 Å². The SMILES string of the molecule is COC(=O)c1ccc(Nc2cc(Oc3ccc(NC(=O)Nc4cc(C(C)(C)C)cc(CC(N)=O)c4OC)c4ccccc34)ccn2)cc1OC. The Bertz CT molecular complexity index is 2070. The zero-order valence-corrected chi connectivity index (χ0v) is 28.7. The van der Waals surface area contributed by atoms with E-state index in [2.05, 4.69) is 20.9 Å². The van der Waals surface area contributed by atoms with E-state index in [-0.39, 0.29) is 11.8 Å². The lowest BCUT2D eigenvalue weighted by Crippen LogP contribution is -2.22. The van der Waals surface area contributed by atoms with Crippen LogP contribution in [-0.2, 0) is 21.4 Å². The lowest BCUT2D eigenvalue weighted by atomic mass is 9.85. The minimum atomic E-state index is -0.509. The summed E-state index contributed by atoms with van der Waals surface area (Å²) in [6.07, 6.45) is 1.57. The standard InChI is InChI=1S/C38H39N5O7/c1-38(2,3)23-17-22(18-33(39)44)35(48-5)30(19-23)43-37(46)42-29-13-14-31(27-10-8-7-9-26(27)29)50-25-15-16-40-34(21-25)41-24-11-12-28(36(45)49-6)32(20-24)47-4/h7-17,19-21H,18H2,1-6H3,(H2,39,44)(H,40,41)(H2,42,43,46). The molecule has 3 amide bonds. The number of amides is 3. The number of primary amides is 1. The second-order valence-corrected chi connectivity index (χ2v) is 12.4. The first-order valence-electron chi connectivity index (χ1n) is 15.7. The van der Waals surface area contributed by atoms with Crippen LogP contribution < -0.4 is 35.9 Å². The maximum Gasteiger partial charge on any atom is 0.341 e. The fourth-order valence-corrected chi connectivity index (χ4v) is 5.39. The Morgan fingerprint density at radius 3 is 2.22 bits per heavy atom. The molecule has 0 fully saturated rings. The van der Waals surface area contributed by atoms with E-state index in [1.54, 1.807) is 48.7 Å². The molecular formula is C38H39N5O7. The van der Waals surface area contributed by atoms with Crippen LogP contribution in [0.3, 0.4) is 0 Å². The maximum atomic E-state index is 13.4. The molecule has 0 aliphatic rings. The Kier molecular flexibility index (Phi) is 10.4. The molecule has 0 bridgehead atoms. The van der Waals surface area contributed by atoms with Crippen LogP contribution >= 0.6 is 0 Å². The molecule has 4 aromatic carbocycles. The van der Waals surface area contributed by atoms with Crippen molar-refractivity contribution in [1.82, 2.24) is 4.98 Å². The maximum absolute atomic E-state index is 13.4. The number of urea groups is 1. The van der Waals surface area contributed by atoms with Crippen molar-refractivity contribution in [2.24, 2.45) is 5.73 Å². The van der Waals surface area contributed by atoms with Gasteiger partial charge in [-0.05, 0) is 47.4 Å². The number of aromatic nitrogens is 1. The fraction of sp³-hybridized carbons (Fsp3) is 0.211. The average molecular weight is 678 g/mol. The summed E-state index contributed by atoms with van der Waals surface area (Å²) in [6.45, 7) is 6.11. The van der Waals surface area contributed by atoms with Crippen LogP contribution in [0.5, 0.6) is 23.0 Å². The normalized spacial score (nSPS) is 11.0. The highest BCUT2D eigenvalue weighted by Gasteiger charge is 2.22. The van der Waals surface area contributed by atoms with Gasteiger partial charge in [0, 0.05) is 40.4 Å². The molecule has 12 heteroatoms. The van der Waals surface area contributed by atoms with Gasteiger partial charge in [-0.2, -0.15) is 0 Å². The summed E-state index contributed by atoms with van der Waals surface area (Å²) in [6, 6.07) is 22.7. The van der Waals surface area contributed by atoms with Crippen LogP contribution in [0, 0.1) is 0 Å². The monoisotopic (exact) mass is 677 g/mol. The van der Waals surface area contributed by atoms with Crippen molar-refractivity contribution in [2.45, 2.75) is 32.6 Å². The van der Waals surface area contributed by atoms with Crippen molar-refractivity contribution < 1.29 is 33.3 Å². The Morgan fingerprint density at radius 2 is 1.54 bits per heavy atom. The van der Waals surface area contributed by atoms with Crippen molar-refractivity contribution in [3.8, 4) is 23.0 Å². The van der Waals surface area contributed by atoms with E-state index in [1.165, 1.54) is 21.3 Å². The number of esters is 1. The van der Waals surface area contributed by atoms with E-state index < -0.39 is 17.9 Å². The van der Waals surface area contributed by atoms with Crippen LogP contribution in [0.4, 0.5) is 27.7 Å². The number of rotatable bonds is 11. The first-order valence-corrected chi connectivity index (χ1v) is 15.7. The molecule has 0 aliphatic heterocycles. The van der Waals surface area contributed by atoms with Gasteiger partial charge < -0.3 is 40.6 Å². The number of hydrogen-bond acceptors (Lipinski definition) is 9. The van der Waals surface area contributed by atoms with Crippen LogP contribution in [0.1, 0.15) is 42.3 Å². The Labute approximate surface area is 289 Å². The Balaban J connectivity index is 1.37. The number of carbonyl (C=O) groups is 3. The van der Waals surface area contributed by atoms with E-state index in [0.29, 0.717) is 57.0 Å². The van der Waals surface area contributed by atoms with Crippen LogP contribution in [0.15, 0.2) is 85.1 Å². The third-order valence-corrected chi connectivity index (χ3v) is 7.82. The zero-order valence-electron chi connectivity index (χ0n) is 28.7. The molecule has 0 spiro atoms. The molecule has 0 aliphatic carbocycles. The summed E-state index contributed by atoms with van der Waals surface area (Å²) in [5.74, 6) is 1.28. The van der Waals surface area contributed by atoms with Crippen LogP contribution in [-0.4, -0.2) is 44.2 Å². The largest absolute Gasteiger partial charge is 0.496 e. The number of hydrogen-bond donors (Lipinski definition) is 4. The molecular weight excluding hydrogens is 638 g/mol. The number of ether oxygens (including phenoxy) is 4. The molecule has 5 rings (SSSR count). The molecule has 1 heterocycles. The number of anilines is 4. The predicted octanol–water partition coefficient (Wildman–Crippen LogP) is 7.54. The molecule has 0 atom stereocenters. The van der Waals surface area contributed by atoms with Crippen molar-refractivity contribution in [3.63, 3.8) is 0 Å². The van der Waals surface area contributed by atoms with E-state index in [0.717, 1.165) is 16.3 Å². The summed E-state index contributed by atoms with van der Waals surface area (Å²) >= 11 is 0. The Hall–Kier alpha value is -6.30. The molecule has 0 radical (unpaired) electrons. The fourth-order valence-electron chi connectivity index (χ4n) is 5.39. The number of fused-ring (bicyclic) bond motifs is 1. The van der Waals surface area contributed by atoms with Gasteiger partial charge in [0.15, 0.2) is 0 Å². The number of pyridine rings is 1. The van der Waals surface area contributed by atoms with Gasteiger partial charge in [0.1, 0.15) is 34.4 Å². The van der Waals surface area contributed by atoms with Gasteiger partial charge in [0.25, 0.3) is 0 Å². The number of nitrogens with one attached hydrogen (secondary N) is 3. The van der Waals surface area contributed by atoms with Gasteiger partial charge in [0.05, 0.1) is 39.1 Å². The molecule has 50 heavy (non-hydrogen) atoms. The van der Waals surface area contributed by atoms with Gasteiger partial charge >= 0.3 is 12.0 Å². The van der Waals surface area contributed by atoms with E-state index in [9.17, 15) is 14.4 Å². The summed E-state index contributed by atoms with van der Waals surface area (Å²) in [4.78, 5) is 41.7. The van der Waals surface area contributed by atoms with E-state index in [1.807, 2.05) is 57.2 Å². The van der Waals surface area contributed by atoms with Crippen molar-refractivity contribution in [1.29, 1.82) is 0 Å². The number of nitrogens with zero attached hydrogens (tertiary/aromatic N) is 1. The van der Waals surface area contributed by atoms with Crippen molar-refractivity contribution in [2.75, 3.05) is 37.3 Å². The molecule has 5 N–H and O–H groups in total. The lowest BCUT2D eigenvalue weighted by Gasteiger charge is -2.23. The second-order valence-electron chi connectivity index (χ2n) is 12.4. The van der Waals surface area contributed by atoms with Crippen LogP contribution in [0.25, 0.3) is 10.8 Å². The highest BCUT2D eigenvalue weighted by atomic mass is 16.5. The smallest absolute Gasteiger partial charge is 0.341 e. The third kappa shape index (κ3) is 8.04. The molecule has 0 unspecified atom stereocenters. The molecule has 0 saturated carbocycles. The lowest BCUT2D eigenvalue weighted by molar-refractivity contribution is -0.117. The summed E-state index contributed by atoms with van der Waals surface area (Å²) < 4.78 is 22.1. The average Bonchev–Trinajstić information content (AvgIpc) is 3.08. The van der Waals surface area contributed by atoms with Gasteiger partial charge in [-0.15, -0.1) is 0 Å². The number of nitrogens with two attached hydrogens (primary N) is 1. The zero-order chi connectivity index (χ0) is 36.0. The minimum Gasteiger partial charge on any atom is -0.496 e. The van der Waals surface area contributed by atoms with E-state index >= 15 is 0 Å². The first-order chi connectivity index (χ1) is 23.9. The summed E-state index contributed by atoms with van der Waals surface area (Å²) in [5.41, 5.74) is 8.64. The topological polar surface area (TPSA) is 163 Å². The van der Waals surface area contributed by atoms with Gasteiger partial charge in [0.2, 0.25) is 5.91 Å². The van der Waals surface area contributed by atoms with Crippen molar-refractivity contribution >= 4 is 51.6 Å². The predicted molar refractivity (Wildman–Crippen MR) is 193 cm³/mol.